The second-order valence-corrected chi connectivity index (χ2v) is 8.30. The van der Waals surface area contributed by atoms with Crippen molar-refractivity contribution >= 4 is 18.3 Å². The lowest BCUT2D eigenvalue weighted by atomic mass is 9.78. The summed E-state index contributed by atoms with van der Waals surface area (Å²) in [4.78, 5) is 2.52. The van der Waals surface area contributed by atoms with Crippen LogP contribution in [-0.2, 0) is 9.31 Å². The van der Waals surface area contributed by atoms with Crippen molar-refractivity contribution in [3.05, 3.63) is 23.8 Å². The molecular formula is C19H30BNO2. The third-order valence-corrected chi connectivity index (χ3v) is 5.87. The van der Waals surface area contributed by atoms with Gasteiger partial charge >= 0.3 is 7.12 Å². The van der Waals surface area contributed by atoms with Gasteiger partial charge in [-0.1, -0.05) is 19.1 Å². The third-order valence-electron chi connectivity index (χ3n) is 5.87. The van der Waals surface area contributed by atoms with E-state index < -0.39 is 0 Å². The smallest absolute Gasteiger partial charge is 0.399 e. The van der Waals surface area contributed by atoms with Gasteiger partial charge in [-0.15, -0.1) is 0 Å². The SMILES string of the molecule is Cc1cc(B2OC(C)(C)C(C)(C)O2)ccc1N1CCC(C)CC1. The van der Waals surface area contributed by atoms with Gasteiger partial charge in [0.1, 0.15) is 0 Å². The average Bonchev–Trinajstić information content (AvgIpc) is 2.68. The zero-order chi connectivity index (χ0) is 16.8. The second-order valence-electron chi connectivity index (χ2n) is 8.30. The molecule has 0 bridgehead atoms. The molecule has 4 heteroatoms. The van der Waals surface area contributed by atoms with Gasteiger partial charge in [-0.3, -0.25) is 0 Å². The van der Waals surface area contributed by atoms with E-state index in [1.807, 2.05) is 0 Å². The lowest BCUT2D eigenvalue weighted by Gasteiger charge is -2.33. The first kappa shape index (κ1) is 16.8. The summed E-state index contributed by atoms with van der Waals surface area (Å²) in [6, 6.07) is 6.64. The molecule has 2 aliphatic heterocycles. The lowest BCUT2D eigenvalue weighted by molar-refractivity contribution is 0.00578. The normalized spacial score (nSPS) is 24.3. The molecule has 0 unspecified atom stereocenters. The fraction of sp³-hybridized carbons (Fsp3) is 0.684. The van der Waals surface area contributed by atoms with E-state index in [2.05, 4.69) is 64.6 Å². The van der Waals surface area contributed by atoms with Crippen LogP contribution in [-0.4, -0.2) is 31.4 Å². The minimum absolute atomic E-state index is 0.269. The molecule has 0 amide bonds. The van der Waals surface area contributed by atoms with Gasteiger partial charge in [0.05, 0.1) is 11.2 Å². The van der Waals surface area contributed by atoms with Crippen molar-refractivity contribution < 1.29 is 9.31 Å². The molecule has 0 atom stereocenters. The van der Waals surface area contributed by atoms with Gasteiger partial charge in [-0.05, 0) is 70.5 Å². The van der Waals surface area contributed by atoms with E-state index in [4.69, 9.17) is 9.31 Å². The minimum atomic E-state index is -0.284. The van der Waals surface area contributed by atoms with Gasteiger partial charge < -0.3 is 14.2 Å². The Bertz CT molecular complexity index is 561. The van der Waals surface area contributed by atoms with Crippen molar-refractivity contribution in [2.75, 3.05) is 18.0 Å². The molecule has 2 aliphatic rings. The molecule has 0 radical (unpaired) electrons. The van der Waals surface area contributed by atoms with Gasteiger partial charge in [0.25, 0.3) is 0 Å². The van der Waals surface area contributed by atoms with Gasteiger partial charge in [-0.25, -0.2) is 0 Å². The van der Waals surface area contributed by atoms with E-state index in [0.717, 1.165) is 24.5 Å². The van der Waals surface area contributed by atoms with Gasteiger partial charge in [0.2, 0.25) is 0 Å². The van der Waals surface area contributed by atoms with Crippen LogP contribution in [0.5, 0.6) is 0 Å². The van der Waals surface area contributed by atoms with Crippen molar-refractivity contribution in [3.63, 3.8) is 0 Å². The molecule has 2 heterocycles. The highest BCUT2D eigenvalue weighted by Gasteiger charge is 2.51. The number of rotatable bonds is 2. The average molecular weight is 315 g/mol. The topological polar surface area (TPSA) is 21.7 Å². The second kappa shape index (κ2) is 5.82. The number of aryl methyl sites for hydroxylation is 1. The molecule has 2 fully saturated rings. The number of anilines is 1. The van der Waals surface area contributed by atoms with E-state index in [1.165, 1.54) is 24.1 Å². The number of hydrogen-bond donors (Lipinski definition) is 0. The van der Waals surface area contributed by atoms with Crippen LogP contribution in [0.1, 0.15) is 53.0 Å². The van der Waals surface area contributed by atoms with Crippen molar-refractivity contribution in [1.82, 2.24) is 0 Å². The molecule has 2 saturated heterocycles. The monoisotopic (exact) mass is 315 g/mol. The van der Waals surface area contributed by atoms with Crippen LogP contribution in [0.15, 0.2) is 18.2 Å². The van der Waals surface area contributed by atoms with Crippen LogP contribution in [0.25, 0.3) is 0 Å². The highest BCUT2D eigenvalue weighted by atomic mass is 16.7. The van der Waals surface area contributed by atoms with E-state index in [-0.39, 0.29) is 18.3 Å². The van der Waals surface area contributed by atoms with Crippen molar-refractivity contribution in [2.24, 2.45) is 5.92 Å². The summed E-state index contributed by atoms with van der Waals surface area (Å²) in [6.45, 7) is 15.3. The zero-order valence-electron chi connectivity index (χ0n) is 15.5. The first-order valence-electron chi connectivity index (χ1n) is 8.91. The molecule has 3 nitrogen and oxygen atoms in total. The first-order chi connectivity index (χ1) is 10.7. The van der Waals surface area contributed by atoms with Crippen molar-refractivity contribution in [2.45, 2.75) is 65.6 Å². The number of hydrogen-bond acceptors (Lipinski definition) is 3. The van der Waals surface area contributed by atoms with E-state index in [9.17, 15) is 0 Å². The fourth-order valence-corrected chi connectivity index (χ4v) is 3.41. The van der Waals surface area contributed by atoms with Crippen LogP contribution in [0.4, 0.5) is 5.69 Å². The lowest BCUT2D eigenvalue weighted by Crippen LogP contribution is -2.41. The molecule has 0 aliphatic carbocycles. The molecule has 0 N–H and O–H groups in total. The number of piperidine rings is 1. The Morgan fingerprint density at radius 2 is 1.61 bits per heavy atom. The summed E-state index contributed by atoms with van der Waals surface area (Å²) in [5.74, 6) is 0.857. The Hall–Kier alpha value is -0.995. The molecular weight excluding hydrogens is 285 g/mol. The van der Waals surface area contributed by atoms with Crippen molar-refractivity contribution in [3.8, 4) is 0 Å². The van der Waals surface area contributed by atoms with Gasteiger partial charge in [-0.2, -0.15) is 0 Å². The van der Waals surface area contributed by atoms with Gasteiger partial charge in [0, 0.05) is 18.8 Å². The van der Waals surface area contributed by atoms with E-state index in [0.29, 0.717) is 0 Å². The standard InChI is InChI=1S/C19H30BNO2/c1-14-9-11-21(12-10-14)17-8-7-16(13-15(17)2)20-22-18(3,4)19(5,6)23-20/h7-8,13-14H,9-12H2,1-6H3. The highest BCUT2D eigenvalue weighted by Crippen LogP contribution is 2.36. The molecule has 0 saturated carbocycles. The summed E-state index contributed by atoms with van der Waals surface area (Å²) in [6.07, 6.45) is 2.58. The maximum absolute atomic E-state index is 6.17. The quantitative estimate of drug-likeness (QED) is 0.779. The Morgan fingerprint density at radius 3 is 2.13 bits per heavy atom. The summed E-state index contributed by atoms with van der Waals surface area (Å²) in [5.41, 5.74) is 3.22. The maximum Gasteiger partial charge on any atom is 0.494 e. The highest BCUT2D eigenvalue weighted by molar-refractivity contribution is 6.62. The molecule has 1 aromatic carbocycles. The molecule has 1 aromatic rings. The predicted octanol–water partition coefficient (Wildman–Crippen LogP) is 3.53. The Kier molecular flexibility index (Phi) is 4.26. The summed E-state index contributed by atoms with van der Waals surface area (Å²) in [7, 11) is -0.269. The zero-order valence-corrected chi connectivity index (χ0v) is 15.5. The summed E-state index contributed by atoms with van der Waals surface area (Å²) >= 11 is 0. The molecule has 126 valence electrons. The van der Waals surface area contributed by atoms with Crippen LogP contribution in [0, 0.1) is 12.8 Å². The van der Waals surface area contributed by atoms with Crippen molar-refractivity contribution in [1.29, 1.82) is 0 Å². The van der Waals surface area contributed by atoms with Crippen LogP contribution >= 0.6 is 0 Å². The largest absolute Gasteiger partial charge is 0.494 e. The minimum Gasteiger partial charge on any atom is -0.399 e. The predicted molar refractivity (Wildman–Crippen MR) is 97.5 cm³/mol. The molecule has 3 rings (SSSR count). The Labute approximate surface area is 141 Å². The number of benzene rings is 1. The third kappa shape index (κ3) is 3.16. The molecule has 0 aromatic heterocycles. The fourth-order valence-electron chi connectivity index (χ4n) is 3.41. The van der Waals surface area contributed by atoms with Crippen LogP contribution in [0.3, 0.4) is 0 Å². The summed E-state index contributed by atoms with van der Waals surface area (Å²) in [5, 5.41) is 0. The number of nitrogens with zero attached hydrogens (tertiary/aromatic N) is 1. The summed E-state index contributed by atoms with van der Waals surface area (Å²) < 4.78 is 12.3. The first-order valence-corrected chi connectivity index (χ1v) is 8.91. The van der Waals surface area contributed by atoms with E-state index in [1.54, 1.807) is 0 Å². The van der Waals surface area contributed by atoms with Crippen LogP contribution < -0.4 is 10.4 Å². The van der Waals surface area contributed by atoms with E-state index >= 15 is 0 Å². The molecule has 0 spiro atoms. The maximum atomic E-state index is 6.17. The van der Waals surface area contributed by atoms with Crippen LogP contribution in [0.2, 0.25) is 0 Å². The Balaban J connectivity index is 1.78. The van der Waals surface area contributed by atoms with Gasteiger partial charge in [0.15, 0.2) is 0 Å². The molecule has 23 heavy (non-hydrogen) atoms. The Morgan fingerprint density at radius 1 is 1.04 bits per heavy atom.